The summed E-state index contributed by atoms with van der Waals surface area (Å²) in [7, 11) is 0. The molecule has 1 aromatic heterocycles. The number of alkyl halides is 3. The molecule has 0 saturated heterocycles. The fraction of sp³-hybridized carbons (Fsp3) is 0.727. The van der Waals surface area contributed by atoms with E-state index in [1.807, 2.05) is 20.8 Å². The van der Waals surface area contributed by atoms with E-state index in [0.29, 0.717) is 5.69 Å². The van der Waals surface area contributed by atoms with E-state index < -0.39 is 11.9 Å². The van der Waals surface area contributed by atoms with Crippen molar-refractivity contribution in [3.63, 3.8) is 0 Å². The first-order valence-corrected chi connectivity index (χ1v) is 5.37. The van der Waals surface area contributed by atoms with Gasteiger partial charge in [-0.05, 0) is 18.9 Å². The highest BCUT2D eigenvalue weighted by molar-refractivity contribution is 5.21. The molecule has 1 aliphatic rings. The minimum Gasteiger partial charge on any atom is -0.265 e. The Hall–Kier alpha value is -1.00. The molecule has 0 amide bonds. The molecule has 0 bridgehead atoms. The Labute approximate surface area is 92.4 Å². The SMILES string of the molecule is CC(C)(C)c1cc(C(F)(F)F)nn1C1CC1. The summed E-state index contributed by atoms with van der Waals surface area (Å²) in [5, 5.41) is 3.70. The minimum atomic E-state index is -4.35. The fourth-order valence-corrected chi connectivity index (χ4v) is 1.69. The Bertz CT molecular complexity index is 394. The van der Waals surface area contributed by atoms with Crippen LogP contribution in [0.1, 0.15) is 51.0 Å². The van der Waals surface area contributed by atoms with Crippen molar-refractivity contribution in [3.05, 3.63) is 17.5 Å². The van der Waals surface area contributed by atoms with Gasteiger partial charge < -0.3 is 0 Å². The molecule has 0 aromatic carbocycles. The predicted molar refractivity (Wildman–Crippen MR) is 54.2 cm³/mol. The van der Waals surface area contributed by atoms with Gasteiger partial charge in [-0.3, -0.25) is 4.68 Å². The summed E-state index contributed by atoms with van der Waals surface area (Å²) in [6, 6.07) is 1.35. The van der Waals surface area contributed by atoms with Gasteiger partial charge in [-0.15, -0.1) is 0 Å². The molecule has 0 aliphatic heterocycles. The van der Waals surface area contributed by atoms with Crippen LogP contribution in [0.2, 0.25) is 0 Å². The molecule has 1 aliphatic carbocycles. The largest absolute Gasteiger partial charge is 0.435 e. The lowest BCUT2D eigenvalue weighted by atomic mass is 9.92. The van der Waals surface area contributed by atoms with Crippen LogP contribution in [0.25, 0.3) is 0 Å². The van der Waals surface area contributed by atoms with Gasteiger partial charge >= 0.3 is 6.18 Å². The first-order valence-electron chi connectivity index (χ1n) is 5.37. The second kappa shape index (κ2) is 3.25. The molecule has 1 heterocycles. The van der Waals surface area contributed by atoms with Gasteiger partial charge in [-0.1, -0.05) is 20.8 Å². The average Bonchev–Trinajstić information content (AvgIpc) is 2.79. The summed E-state index contributed by atoms with van der Waals surface area (Å²) in [6.45, 7) is 5.72. The number of aromatic nitrogens is 2. The fourth-order valence-electron chi connectivity index (χ4n) is 1.69. The standard InChI is InChI=1S/C11H15F3N2/c1-10(2,3)9-6-8(11(12,13)14)15-16(9)7-4-5-7/h6-7H,4-5H2,1-3H3. The zero-order valence-corrected chi connectivity index (χ0v) is 9.60. The molecular weight excluding hydrogens is 217 g/mol. The van der Waals surface area contributed by atoms with Gasteiger partial charge in [0.1, 0.15) is 0 Å². The van der Waals surface area contributed by atoms with Crippen LogP contribution >= 0.6 is 0 Å². The van der Waals surface area contributed by atoms with E-state index in [2.05, 4.69) is 5.10 Å². The van der Waals surface area contributed by atoms with E-state index in [-0.39, 0.29) is 11.5 Å². The Morgan fingerprint density at radius 3 is 2.19 bits per heavy atom. The maximum atomic E-state index is 12.6. The molecule has 2 rings (SSSR count). The lowest BCUT2D eigenvalue weighted by Crippen LogP contribution is -2.17. The molecule has 90 valence electrons. The molecule has 1 fully saturated rings. The number of hydrogen-bond acceptors (Lipinski definition) is 1. The highest BCUT2D eigenvalue weighted by Crippen LogP contribution is 2.40. The summed E-state index contributed by atoms with van der Waals surface area (Å²) < 4.78 is 39.3. The average molecular weight is 232 g/mol. The topological polar surface area (TPSA) is 17.8 Å². The third-order valence-corrected chi connectivity index (χ3v) is 2.69. The molecule has 16 heavy (non-hydrogen) atoms. The molecule has 1 aromatic rings. The molecule has 5 heteroatoms. The molecule has 0 radical (unpaired) electrons. The first-order chi connectivity index (χ1) is 7.19. The van der Waals surface area contributed by atoms with Gasteiger partial charge in [0.25, 0.3) is 0 Å². The minimum absolute atomic E-state index is 0.172. The van der Waals surface area contributed by atoms with E-state index >= 15 is 0 Å². The quantitative estimate of drug-likeness (QED) is 0.724. The van der Waals surface area contributed by atoms with Crippen LogP contribution in [0.15, 0.2) is 6.07 Å². The van der Waals surface area contributed by atoms with Crippen LogP contribution in [-0.4, -0.2) is 9.78 Å². The van der Waals surface area contributed by atoms with Crippen LogP contribution in [-0.2, 0) is 11.6 Å². The normalized spacial score (nSPS) is 17.9. The Balaban J connectivity index is 2.46. The number of halogens is 3. The summed E-state index contributed by atoms with van der Waals surface area (Å²) in [5.74, 6) is 0. The molecular formula is C11H15F3N2. The van der Waals surface area contributed by atoms with Gasteiger partial charge in [0.05, 0.1) is 6.04 Å². The highest BCUT2D eigenvalue weighted by atomic mass is 19.4. The third kappa shape index (κ3) is 2.08. The van der Waals surface area contributed by atoms with Crippen molar-refractivity contribution in [2.24, 2.45) is 0 Å². The van der Waals surface area contributed by atoms with Crippen molar-refractivity contribution < 1.29 is 13.2 Å². The predicted octanol–water partition coefficient (Wildman–Crippen LogP) is 3.53. The summed E-state index contributed by atoms with van der Waals surface area (Å²) in [6.07, 6.45) is -2.48. The van der Waals surface area contributed by atoms with Gasteiger partial charge in [0.15, 0.2) is 5.69 Å². The van der Waals surface area contributed by atoms with E-state index in [9.17, 15) is 13.2 Å². The zero-order chi connectivity index (χ0) is 12.1. The molecule has 0 N–H and O–H groups in total. The van der Waals surface area contributed by atoms with Crippen LogP contribution in [0, 0.1) is 0 Å². The van der Waals surface area contributed by atoms with E-state index in [1.165, 1.54) is 6.07 Å². The Kier molecular flexibility index (Phi) is 2.33. The van der Waals surface area contributed by atoms with E-state index in [4.69, 9.17) is 0 Å². The Morgan fingerprint density at radius 1 is 1.25 bits per heavy atom. The van der Waals surface area contributed by atoms with Gasteiger partial charge in [-0.25, -0.2) is 0 Å². The molecule has 2 nitrogen and oxygen atoms in total. The summed E-state index contributed by atoms with van der Waals surface area (Å²) >= 11 is 0. The third-order valence-electron chi connectivity index (χ3n) is 2.69. The van der Waals surface area contributed by atoms with Crippen LogP contribution in [0.5, 0.6) is 0 Å². The lowest BCUT2D eigenvalue weighted by molar-refractivity contribution is -0.141. The van der Waals surface area contributed by atoms with Crippen molar-refractivity contribution >= 4 is 0 Å². The number of hydrogen-bond donors (Lipinski definition) is 0. The van der Waals surface area contributed by atoms with Crippen molar-refractivity contribution in [1.82, 2.24) is 9.78 Å². The second-order valence-electron chi connectivity index (χ2n) is 5.34. The Morgan fingerprint density at radius 2 is 1.81 bits per heavy atom. The van der Waals surface area contributed by atoms with Crippen molar-refractivity contribution in [1.29, 1.82) is 0 Å². The van der Waals surface area contributed by atoms with E-state index in [1.54, 1.807) is 4.68 Å². The zero-order valence-electron chi connectivity index (χ0n) is 9.60. The molecule has 0 spiro atoms. The summed E-state index contributed by atoms with van der Waals surface area (Å²) in [5.41, 5.74) is -0.411. The maximum Gasteiger partial charge on any atom is 0.435 e. The maximum absolute atomic E-state index is 12.6. The van der Waals surface area contributed by atoms with Crippen LogP contribution in [0.4, 0.5) is 13.2 Å². The molecule has 0 unspecified atom stereocenters. The number of rotatable bonds is 1. The smallest absolute Gasteiger partial charge is 0.265 e. The first kappa shape index (κ1) is 11.5. The monoisotopic (exact) mass is 232 g/mol. The van der Waals surface area contributed by atoms with Crippen LogP contribution < -0.4 is 0 Å². The van der Waals surface area contributed by atoms with Crippen molar-refractivity contribution in [2.75, 3.05) is 0 Å². The van der Waals surface area contributed by atoms with Gasteiger partial charge in [-0.2, -0.15) is 18.3 Å². The summed E-state index contributed by atoms with van der Waals surface area (Å²) in [4.78, 5) is 0. The van der Waals surface area contributed by atoms with Crippen molar-refractivity contribution in [3.8, 4) is 0 Å². The molecule has 0 atom stereocenters. The van der Waals surface area contributed by atoms with Crippen LogP contribution in [0.3, 0.4) is 0 Å². The number of nitrogens with zero attached hydrogens (tertiary/aromatic N) is 2. The highest BCUT2D eigenvalue weighted by Gasteiger charge is 2.39. The second-order valence-corrected chi connectivity index (χ2v) is 5.34. The van der Waals surface area contributed by atoms with E-state index in [0.717, 1.165) is 12.8 Å². The lowest BCUT2D eigenvalue weighted by Gasteiger charge is -2.19. The van der Waals surface area contributed by atoms with Gasteiger partial charge in [0, 0.05) is 11.1 Å². The van der Waals surface area contributed by atoms with Gasteiger partial charge in [0.2, 0.25) is 0 Å². The van der Waals surface area contributed by atoms with Crippen molar-refractivity contribution in [2.45, 2.75) is 51.2 Å². The molecule has 1 saturated carbocycles.